The Morgan fingerprint density at radius 1 is 1.27 bits per heavy atom. The molecule has 1 N–H and O–H groups in total. The maximum absolute atomic E-state index is 13.4. The number of nitro benzene ring substituents is 1. The fourth-order valence-corrected chi connectivity index (χ4v) is 5.18. The number of benzene rings is 1. The number of carbonyl (C=O) groups is 1. The number of fused-ring (bicyclic) bond motifs is 1. The van der Waals surface area contributed by atoms with Crippen molar-refractivity contribution in [2.75, 3.05) is 11.9 Å². The molecule has 33 heavy (non-hydrogen) atoms. The summed E-state index contributed by atoms with van der Waals surface area (Å²) < 4.78 is 7.46. The molecule has 1 aromatic carbocycles. The van der Waals surface area contributed by atoms with Gasteiger partial charge in [-0.15, -0.1) is 0 Å². The zero-order valence-electron chi connectivity index (χ0n) is 19.6. The van der Waals surface area contributed by atoms with Crippen LogP contribution in [-0.2, 0) is 16.6 Å². The van der Waals surface area contributed by atoms with Gasteiger partial charge in [0, 0.05) is 35.9 Å². The number of nitrogens with zero attached hydrogens (tertiary/aromatic N) is 3. The second-order valence-electron chi connectivity index (χ2n) is 9.01. The molecule has 1 unspecified atom stereocenters. The van der Waals surface area contributed by atoms with Crippen LogP contribution < -0.4 is 5.32 Å². The molecule has 1 aliphatic heterocycles. The number of anilines is 1. The minimum atomic E-state index is -0.606. The van der Waals surface area contributed by atoms with Crippen LogP contribution in [-0.4, -0.2) is 27.3 Å². The zero-order valence-corrected chi connectivity index (χ0v) is 19.6. The molecule has 0 saturated heterocycles. The number of unbranched alkanes of at least 4 members (excludes halogenated alkanes) is 2. The Kier molecular flexibility index (Phi) is 6.81. The minimum absolute atomic E-state index is 0.000609. The molecule has 2 aromatic rings. The molecule has 1 saturated carbocycles. The lowest BCUT2D eigenvalue weighted by atomic mass is 9.79. The number of aromatic nitrogens is 2. The monoisotopic (exact) mass is 452 g/mol. The first-order chi connectivity index (χ1) is 15.9. The minimum Gasteiger partial charge on any atom is -0.462 e. The first-order valence-electron chi connectivity index (χ1n) is 11.9. The van der Waals surface area contributed by atoms with Gasteiger partial charge in [0.25, 0.3) is 5.69 Å². The van der Waals surface area contributed by atoms with Gasteiger partial charge in [-0.3, -0.25) is 14.8 Å². The summed E-state index contributed by atoms with van der Waals surface area (Å²) in [5, 5.41) is 20.2. The van der Waals surface area contributed by atoms with Crippen LogP contribution in [0.4, 0.5) is 11.5 Å². The Balaban J connectivity index is 1.86. The average molecular weight is 453 g/mol. The van der Waals surface area contributed by atoms with Crippen LogP contribution in [0.15, 0.2) is 35.5 Å². The second kappa shape index (κ2) is 9.77. The van der Waals surface area contributed by atoms with Gasteiger partial charge in [-0.1, -0.05) is 50.8 Å². The van der Waals surface area contributed by atoms with Gasteiger partial charge >= 0.3 is 5.97 Å². The number of nitro groups is 1. The Hall–Kier alpha value is -3.16. The molecule has 1 fully saturated rings. The van der Waals surface area contributed by atoms with E-state index in [1.54, 1.807) is 22.9 Å². The van der Waals surface area contributed by atoms with Crippen molar-refractivity contribution in [1.29, 1.82) is 0 Å². The van der Waals surface area contributed by atoms with Gasteiger partial charge in [-0.25, -0.2) is 4.79 Å². The van der Waals surface area contributed by atoms with Crippen molar-refractivity contribution >= 4 is 17.5 Å². The summed E-state index contributed by atoms with van der Waals surface area (Å²) in [5.41, 5.74) is 3.37. The molecule has 1 aromatic heterocycles. The van der Waals surface area contributed by atoms with E-state index in [-0.39, 0.29) is 16.5 Å². The van der Waals surface area contributed by atoms with Crippen molar-refractivity contribution in [1.82, 2.24) is 9.78 Å². The molecule has 1 atom stereocenters. The van der Waals surface area contributed by atoms with Gasteiger partial charge in [0.15, 0.2) is 0 Å². The number of hydrogen-bond donors (Lipinski definition) is 1. The summed E-state index contributed by atoms with van der Waals surface area (Å²) in [6.07, 6.45) is 7.16. The summed E-state index contributed by atoms with van der Waals surface area (Å²) in [5.74, 6) is 0.0456. The standard InChI is InChI=1S/C25H32N4O4/c1-4-5-10-15-33-25(30)20-16(2)26-24-22(23(27-28(24)3)17-11-6-7-12-17)21(20)18-13-8-9-14-19(18)29(31)32/h8-9,13-14,17,21,26H,4-7,10-12,15H2,1-3H3. The molecule has 1 aliphatic carbocycles. The highest BCUT2D eigenvalue weighted by atomic mass is 16.6. The smallest absolute Gasteiger partial charge is 0.336 e. The van der Waals surface area contributed by atoms with Crippen LogP contribution in [0.3, 0.4) is 0 Å². The van der Waals surface area contributed by atoms with Gasteiger partial charge in [0.2, 0.25) is 0 Å². The summed E-state index contributed by atoms with van der Waals surface area (Å²) >= 11 is 0. The van der Waals surface area contributed by atoms with E-state index < -0.39 is 11.9 Å². The SMILES string of the molecule is CCCCCOC(=O)C1=C(C)Nc2c(c(C3CCCC3)nn2C)C1c1ccccc1[N+](=O)[O-]. The summed E-state index contributed by atoms with van der Waals surface area (Å²) in [4.78, 5) is 25.0. The first kappa shape index (κ1) is 23.0. The van der Waals surface area contributed by atoms with Gasteiger partial charge < -0.3 is 10.1 Å². The van der Waals surface area contributed by atoms with E-state index >= 15 is 0 Å². The summed E-state index contributed by atoms with van der Waals surface area (Å²) in [6.45, 7) is 4.26. The second-order valence-corrected chi connectivity index (χ2v) is 9.01. The molecule has 8 heteroatoms. The fraction of sp³-hybridized carbons (Fsp3) is 0.520. The normalized spacial score (nSPS) is 18.2. The largest absolute Gasteiger partial charge is 0.462 e. The predicted octanol–water partition coefficient (Wildman–Crippen LogP) is 5.55. The Morgan fingerprint density at radius 2 is 2.00 bits per heavy atom. The van der Waals surface area contributed by atoms with Crippen molar-refractivity contribution in [3.8, 4) is 0 Å². The molecule has 0 radical (unpaired) electrons. The molecule has 0 bridgehead atoms. The van der Waals surface area contributed by atoms with Crippen molar-refractivity contribution in [2.24, 2.45) is 7.05 Å². The quantitative estimate of drug-likeness (QED) is 0.244. The number of hydrogen-bond acceptors (Lipinski definition) is 6. The third-order valence-corrected chi connectivity index (χ3v) is 6.79. The number of para-hydroxylation sites is 1. The lowest BCUT2D eigenvalue weighted by Crippen LogP contribution is -2.26. The molecular weight excluding hydrogens is 420 g/mol. The van der Waals surface area contributed by atoms with Crippen molar-refractivity contribution in [3.05, 3.63) is 62.5 Å². The highest BCUT2D eigenvalue weighted by Crippen LogP contribution is 2.49. The number of aryl methyl sites for hydroxylation is 1. The van der Waals surface area contributed by atoms with E-state index in [1.165, 1.54) is 6.07 Å². The number of allylic oxidation sites excluding steroid dienone is 1. The van der Waals surface area contributed by atoms with E-state index in [0.717, 1.165) is 62.0 Å². The molecular formula is C25H32N4O4. The highest BCUT2D eigenvalue weighted by molar-refractivity contribution is 5.95. The van der Waals surface area contributed by atoms with Crippen molar-refractivity contribution in [2.45, 2.75) is 70.6 Å². The van der Waals surface area contributed by atoms with Crippen molar-refractivity contribution in [3.63, 3.8) is 0 Å². The van der Waals surface area contributed by atoms with Gasteiger partial charge in [0.1, 0.15) is 5.82 Å². The van der Waals surface area contributed by atoms with Crippen LogP contribution in [0.2, 0.25) is 0 Å². The number of ether oxygens (including phenoxy) is 1. The lowest BCUT2D eigenvalue weighted by molar-refractivity contribution is -0.385. The fourth-order valence-electron chi connectivity index (χ4n) is 5.18. The average Bonchev–Trinajstić information content (AvgIpc) is 3.44. The van der Waals surface area contributed by atoms with Crippen LogP contribution in [0.5, 0.6) is 0 Å². The van der Waals surface area contributed by atoms with E-state index in [1.807, 2.05) is 14.0 Å². The summed E-state index contributed by atoms with van der Waals surface area (Å²) in [6, 6.07) is 6.70. The molecule has 8 nitrogen and oxygen atoms in total. The molecule has 176 valence electrons. The van der Waals surface area contributed by atoms with E-state index in [2.05, 4.69) is 12.2 Å². The number of carbonyl (C=O) groups excluding carboxylic acids is 1. The van der Waals surface area contributed by atoms with E-state index in [0.29, 0.717) is 23.4 Å². The third-order valence-electron chi connectivity index (χ3n) is 6.79. The number of nitrogens with one attached hydrogen (secondary N) is 1. The van der Waals surface area contributed by atoms with Gasteiger partial charge in [-0.05, 0) is 26.2 Å². The molecule has 0 spiro atoms. The predicted molar refractivity (Wildman–Crippen MR) is 126 cm³/mol. The Bertz CT molecular complexity index is 1080. The van der Waals surface area contributed by atoms with Crippen LogP contribution in [0.1, 0.15) is 87.4 Å². The Labute approximate surface area is 194 Å². The van der Waals surface area contributed by atoms with Crippen LogP contribution >= 0.6 is 0 Å². The Morgan fingerprint density at radius 3 is 2.70 bits per heavy atom. The molecule has 2 aliphatic rings. The summed E-state index contributed by atoms with van der Waals surface area (Å²) in [7, 11) is 1.88. The topological polar surface area (TPSA) is 99.3 Å². The number of esters is 1. The third kappa shape index (κ3) is 4.38. The maximum Gasteiger partial charge on any atom is 0.336 e. The first-order valence-corrected chi connectivity index (χ1v) is 11.9. The van der Waals surface area contributed by atoms with E-state index in [9.17, 15) is 14.9 Å². The maximum atomic E-state index is 13.4. The lowest BCUT2D eigenvalue weighted by Gasteiger charge is -2.29. The van der Waals surface area contributed by atoms with Crippen LogP contribution in [0, 0.1) is 10.1 Å². The molecule has 4 rings (SSSR count). The van der Waals surface area contributed by atoms with Crippen molar-refractivity contribution < 1.29 is 14.5 Å². The van der Waals surface area contributed by atoms with Gasteiger partial charge in [0.05, 0.1) is 28.7 Å². The molecule has 0 amide bonds. The van der Waals surface area contributed by atoms with E-state index in [4.69, 9.17) is 9.84 Å². The van der Waals surface area contributed by atoms with Crippen LogP contribution in [0.25, 0.3) is 0 Å². The number of rotatable bonds is 8. The highest BCUT2D eigenvalue weighted by Gasteiger charge is 2.41. The van der Waals surface area contributed by atoms with Gasteiger partial charge in [-0.2, -0.15) is 5.10 Å². The molecule has 2 heterocycles. The zero-order chi connectivity index (χ0) is 23.5.